The van der Waals surface area contributed by atoms with Crippen LogP contribution >= 0.6 is 0 Å². The molecule has 2 aromatic rings. The Morgan fingerprint density at radius 2 is 1.70 bits per heavy atom. The van der Waals surface area contributed by atoms with Crippen LogP contribution in [0.2, 0.25) is 0 Å². The summed E-state index contributed by atoms with van der Waals surface area (Å²) in [4.78, 5) is 0. The molecular formula is C15H14F3NO. The number of rotatable bonds is 4. The lowest BCUT2D eigenvalue weighted by atomic mass is 9.98. The van der Waals surface area contributed by atoms with Crippen molar-refractivity contribution >= 4 is 0 Å². The first-order valence-electron chi connectivity index (χ1n) is 6.17. The lowest BCUT2D eigenvalue weighted by Gasteiger charge is -2.17. The Morgan fingerprint density at radius 3 is 2.40 bits per heavy atom. The Bertz CT molecular complexity index is 616. The number of hydrogen-bond acceptors (Lipinski definition) is 2. The summed E-state index contributed by atoms with van der Waals surface area (Å²) in [6.45, 7) is 2.23. The average Bonchev–Trinajstić information content (AvgIpc) is 2.45. The summed E-state index contributed by atoms with van der Waals surface area (Å²) in [6, 6.07) is 7.89. The van der Waals surface area contributed by atoms with Crippen molar-refractivity contribution in [2.45, 2.75) is 13.0 Å². The van der Waals surface area contributed by atoms with Crippen molar-refractivity contribution in [3.05, 3.63) is 65.0 Å². The smallest absolute Gasteiger partial charge is 0.194 e. The molecule has 20 heavy (non-hydrogen) atoms. The highest BCUT2D eigenvalue weighted by molar-refractivity contribution is 5.41. The molecule has 2 rings (SSSR count). The molecule has 0 aliphatic carbocycles. The molecule has 0 radical (unpaired) electrons. The van der Waals surface area contributed by atoms with E-state index in [9.17, 15) is 13.2 Å². The highest BCUT2D eigenvalue weighted by Crippen LogP contribution is 2.30. The minimum absolute atomic E-state index is 0.115. The zero-order valence-electron chi connectivity index (χ0n) is 10.9. The summed E-state index contributed by atoms with van der Waals surface area (Å²) < 4.78 is 45.4. The molecule has 0 fully saturated rings. The molecular weight excluding hydrogens is 267 g/mol. The zero-order chi connectivity index (χ0) is 14.7. The molecule has 0 amide bonds. The van der Waals surface area contributed by atoms with Gasteiger partial charge in [0.2, 0.25) is 0 Å². The Hall–Kier alpha value is -2.01. The van der Waals surface area contributed by atoms with Crippen LogP contribution in [-0.2, 0) is 0 Å². The highest BCUT2D eigenvalue weighted by atomic mass is 19.2. The van der Waals surface area contributed by atoms with Gasteiger partial charge in [-0.2, -0.15) is 0 Å². The molecule has 0 aliphatic rings. The average molecular weight is 281 g/mol. The molecule has 1 unspecified atom stereocenters. The van der Waals surface area contributed by atoms with E-state index in [1.54, 1.807) is 31.2 Å². The largest absolute Gasteiger partial charge is 0.494 e. The number of para-hydroxylation sites is 1. The number of ether oxygens (including phenoxy) is 1. The first kappa shape index (κ1) is 14.4. The highest BCUT2D eigenvalue weighted by Gasteiger charge is 2.21. The maximum absolute atomic E-state index is 13.8. The van der Waals surface area contributed by atoms with Gasteiger partial charge in [0.15, 0.2) is 17.5 Å². The normalized spacial score (nSPS) is 12.2. The third kappa shape index (κ3) is 2.63. The van der Waals surface area contributed by atoms with Crippen molar-refractivity contribution < 1.29 is 17.9 Å². The van der Waals surface area contributed by atoms with E-state index in [2.05, 4.69) is 0 Å². The van der Waals surface area contributed by atoms with Crippen molar-refractivity contribution in [2.24, 2.45) is 5.73 Å². The first-order valence-corrected chi connectivity index (χ1v) is 6.17. The van der Waals surface area contributed by atoms with Crippen LogP contribution in [0.4, 0.5) is 13.2 Å². The zero-order valence-corrected chi connectivity index (χ0v) is 10.9. The predicted octanol–water partition coefficient (Wildman–Crippen LogP) is 3.55. The van der Waals surface area contributed by atoms with Gasteiger partial charge in [0.25, 0.3) is 0 Å². The standard InChI is InChI=1S/C15H14F3NO/c1-2-20-12-6-4-3-5-9(12)15(19)10-7-8-11(16)14(18)13(10)17/h3-8,15H,2,19H2,1H3. The topological polar surface area (TPSA) is 35.2 Å². The Kier molecular flexibility index (Phi) is 4.29. The SMILES string of the molecule is CCOc1ccccc1C(N)c1ccc(F)c(F)c1F. The van der Waals surface area contributed by atoms with E-state index in [1.807, 2.05) is 0 Å². The summed E-state index contributed by atoms with van der Waals surface area (Å²) in [7, 11) is 0. The van der Waals surface area contributed by atoms with E-state index in [4.69, 9.17) is 10.5 Å². The van der Waals surface area contributed by atoms with Gasteiger partial charge in [-0.05, 0) is 19.1 Å². The van der Waals surface area contributed by atoms with E-state index in [-0.39, 0.29) is 5.56 Å². The minimum atomic E-state index is -1.52. The van der Waals surface area contributed by atoms with Gasteiger partial charge in [-0.15, -0.1) is 0 Å². The fraction of sp³-hybridized carbons (Fsp3) is 0.200. The van der Waals surface area contributed by atoms with E-state index < -0.39 is 23.5 Å². The van der Waals surface area contributed by atoms with Crippen LogP contribution < -0.4 is 10.5 Å². The molecule has 2 aromatic carbocycles. The minimum Gasteiger partial charge on any atom is -0.494 e. The fourth-order valence-electron chi connectivity index (χ4n) is 1.97. The lowest BCUT2D eigenvalue weighted by molar-refractivity contribution is 0.335. The van der Waals surface area contributed by atoms with Gasteiger partial charge in [-0.25, -0.2) is 13.2 Å². The van der Waals surface area contributed by atoms with Crippen LogP contribution in [-0.4, -0.2) is 6.61 Å². The van der Waals surface area contributed by atoms with Crippen LogP contribution in [0, 0.1) is 17.5 Å². The summed E-state index contributed by atoms with van der Waals surface area (Å²) >= 11 is 0. The molecule has 0 spiro atoms. The maximum Gasteiger partial charge on any atom is 0.194 e. The number of benzene rings is 2. The maximum atomic E-state index is 13.8. The Morgan fingerprint density at radius 1 is 1.00 bits per heavy atom. The van der Waals surface area contributed by atoms with Crippen molar-refractivity contribution in [1.82, 2.24) is 0 Å². The van der Waals surface area contributed by atoms with Gasteiger partial charge >= 0.3 is 0 Å². The van der Waals surface area contributed by atoms with Crippen molar-refractivity contribution in [3.63, 3.8) is 0 Å². The molecule has 1 atom stereocenters. The number of halogens is 3. The Balaban J connectivity index is 2.46. The second-order valence-corrected chi connectivity index (χ2v) is 4.21. The van der Waals surface area contributed by atoms with E-state index >= 15 is 0 Å². The molecule has 106 valence electrons. The lowest BCUT2D eigenvalue weighted by Crippen LogP contribution is -2.16. The third-order valence-corrected chi connectivity index (χ3v) is 2.95. The van der Waals surface area contributed by atoms with Gasteiger partial charge in [0.1, 0.15) is 5.75 Å². The fourth-order valence-corrected chi connectivity index (χ4v) is 1.97. The van der Waals surface area contributed by atoms with Crippen LogP contribution in [0.15, 0.2) is 36.4 Å². The van der Waals surface area contributed by atoms with Crippen molar-refractivity contribution in [3.8, 4) is 5.75 Å². The second-order valence-electron chi connectivity index (χ2n) is 4.21. The monoisotopic (exact) mass is 281 g/mol. The molecule has 0 aromatic heterocycles. The van der Waals surface area contributed by atoms with Crippen molar-refractivity contribution in [1.29, 1.82) is 0 Å². The number of nitrogens with two attached hydrogens (primary N) is 1. The molecule has 5 heteroatoms. The summed E-state index contributed by atoms with van der Waals surface area (Å²) in [5, 5.41) is 0. The van der Waals surface area contributed by atoms with Gasteiger partial charge in [0.05, 0.1) is 12.6 Å². The van der Waals surface area contributed by atoms with Crippen LogP contribution in [0.1, 0.15) is 24.1 Å². The molecule has 0 saturated heterocycles. The molecule has 0 heterocycles. The first-order chi connectivity index (χ1) is 9.56. The molecule has 2 N–H and O–H groups in total. The predicted molar refractivity (Wildman–Crippen MR) is 70.0 cm³/mol. The molecule has 0 aliphatic heterocycles. The van der Waals surface area contributed by atoms with Crippen LogP contribution in [0.25, 0.3) is 0 Å². The van der Waals surface area contributed by atoms with Gasteiger partial charge in [0, 0.05) is 11.1 Å². The van der Waals surface area contributed by atoms with Gasteiger partial charge in [-0.3, -0.25) is 0 Å². The number of hydrogen-bond donors (Lipinski definition) is 1. The molecule has 2 nitrogen and oxygen atoms in total. The summed E-state index contributed by atoms with van der Waals surface area (Å²) in [6.07, 6.45) is 0. The molecule has 0 saturated carbocycles. The third-order valence-electron chi connectivity index (χ3n) is 2.95. The summed E-state index contributed by atoms with van der Waals surface area (Å²) in [5.74, 6) is -3.54. The van der Waals surface area contributed by atoms with Gasteiger partial charge < -0.3 is 10.5 Å². The van der Waals surface area contributed by atoms with E-state index in [0.29, 0.717) is 17.9 Å². The molecule has 0 bridgehead atoms. The second kappa shape index (κ2) is 5.96. The Labute approximate surface area is 115 Å². The quantitative estimate of drug-likeness (QED) is 0.870. The van der Waals surface area contributed by atoms with Crippen LogP contribution in [0.5, 0.6) is 5.75 Å². The van der Waals surface area contributed by atoms with E-state index in [1.165, 1.54) is 0 Å². The van der Waals surface area contributed by atoms with Gasteiger partial charge in [-0.1, -0.05) is 24.3 Å². The van der Waals surface area contributed by atoms with Crippen molar-refractivity contribution in [2.75, 3.05) is 6.61 Å². The van der Waals surface area contributed by atoms with E-state index in [0.717, 1.165) is 12.1 Å². The summed E-state index contributed by atoms with van der Waals surface area (Å²) in [5.41, 5.74) is 6.36. The van der Waals surface area contributed by atoms with Crippen LogP contribution in [0.3, 0.4) is 0 Å².